The Hall–Kier alpha value is 0.0900. The van der Waals surface area contributed by atoms with Gasteiger partial charge in [0, 0.05) is 11.0 Å². The molecule has 0 aliphatic heterocycles. The molecule has 0 saturated heterocycles. The molecule has 0 spiro atoms. The van der Waals surface area contributed by atoms with Gasteiger partial charge in [0.2, 0.25) is 0 Å². The number of halogens is 2. The molecule has 0 aliphatic carbocycles. The van der Waals surface area contributed by atoms with Crippen LogP contribution in [0.4, 0.5) is 0 Å². The normalized spacial score (nSPS) is 12.5. The third-order valence-electron chi connectivity index (χ3n) is 1.99. The van der Waals surface area contributed by atoms with Gasteiger partial charge in [0.05, 0.1) is 14.8 Å². The molecule has 6 heteroatoms. The number of hydrogen-bond donors (Lipinski definition) is 2. The van der Waals surface area contributed by atoms with E-state index in [1.807, 2.05) is 6.92 Å². The second-order valence-corrected chi connectivity index (χ2v) is 6.61. The molecule has 0 aromatic carbocycles. The van der Waals surface area contributed by atoms with E-state index in [4.69, 9.17) is 0 Å². The second-order valence-electron chi connectivity index (χ2n) is 3.38. The Morgan fingerprint density at radius 3 is 2.81 bits per heavy atom. The first-order chi connectivity index (χ1) is 7.54. The molecule has 3 nitrogen and oxygen atoms in total. The Morgan fingerprint density at radius 2 is 2.31 bits per heavy atom. The number of aliphatic hydroxyl groups is 1. The Bertz CT molecular complexity index is 348. The first-order valence-corrected chi connectivity index (χ1v) is 7.36. The van der Waals surface area contributed by atoms with Gasteiger partial charge in [0.25, 0.3) is 5.91 Å². The molecule has 1 amide bonds. The van der Waals surface area contributed by atoms with Gasteiger partial charge in [-0.2, -0.15) is 0 Å². The minimum atomic E-state index is -0.458. The highest BCUT2D eigenvalue weighted by atomic mass is 79.9. The van der Waals surface area contributed by atoms with Gasteiger partial charge in [0.1, 0.15) is 0 Å². The molecule has 1 aromatic rings. The van der Waals surface area contributed by atoms with Gasteiger partial charge in [-0.25, -0.2) is 0 Å². The molecule has 0 fully saturated rings. The molecule has 1 rings (SSSR count). The smallest absolute Gasteiger partial charge is 0.261 e. The number of amides is 1. The van der Waals surface area contributed by atoms with Crippen LogP contribution in [0.25, 0.3) is 0 Å². The van der Waals surface area contributed by atoms with Crippen LogP contribution in [0, 0.1) is 0 Å². The lowest BCUT2D eigenvalue weighted by atomic mass is 10.2. The lowest BCUT2D eigenvalue weighted by Gasteiger charge is -2.09. The highest BCUT2D eigenvalue weighted by Crippen LogP contribution is 2.32. The highest BCUT2D eigenvalue weighted by molar-refractivity contribution is 9.13. The van der Waals surface area contributed by atoms with Crippen molar-refractivity contribution in [3.05, 3.63) is 19.2 Å². The van der Waals surface area contributed by atoms with Crippen molar-refractivity contribution in [3.8, 4) is 0 Å². The van der Waals surface area contributed by atoms with Crippen molar-refractivity contribution in [2.75, 3.05) is 6.54 Å². The first-order valence-electron chi connectivity index (χ1n) is 4.95. The summed E-state index contributed by atoms with van der Waals surface area (Å²) >= 11 is 8.02. The lowest BCUT2D eigenvalue weighted by molar-refractivity contribution is 0.0914. The van der Waals surface area contributed by atoms with Crippen LogP contribution in [0.3, 0.4) is 0 Å². The third-order valence-corrected chi connectivity index (χ3v) is 5.24. The largest absolute Gasteiger partial charge is 0.391 e. The molecule has 16 heavy (non-hydrogen) atoms. The van der Waals surface area contributed by atoms with Crippen LogP contribution in [-0.4, -0.2) is 23.7 Å². The number of carbonyl (C=O) groups is 1. The van der Waals surface area contributed by atoms with Gasteiger partial charge in [-0.05, 0) is 44.3 Å². The van der Waals surface area contributed by atoms with Crippen LogP contribution in [0.5, 0.6) is 0 Å². The van der Waals surface area contributed by atoms with Crippen molar-refractivity contribution in [1.29, 1.82) is 0 Å². The number of aliphatic hydroxyl groups excluding tert-OH is 1. The van der Waals surface area contributed by atoms with Crippen molar-refractivity contribution in [2.45, 2.75) is 25.9 Å². The topological polar surface area (TPSA) is 49.3 Å². The van der Waals surface area contributed by atoms with Gasteiger partial charge in [-0.1, -0.05) is 13.3 Å². The number of nitrogens with one attached hydrogen (secondary N) is 1. The van der Waals surface area contributed by atoms with Gasteiger partial charge < -0.3 is 10.4 Å². The molecule has 0 aliphatic rings. The van der Waals surface area contributed by atoms with E-state index in [1.165, 1.54) is 11.3 Å². The molecule has 0 radical (unpaired) electrons. The van der Waals surface area contributed by atoms with Crippen LogP contribution in [-0.2, 0) is 0 Å². The summed E-state index contributed by atoms with van der Waals surface area (Å²) in [6.45, 7) is 2.30. The lowest BCUT2D eigenvalue weighted by Crippen LogP contribution is -2.31. The van der Waals surface area contributed by atoms with E-state index in [1.54, 1.807) is 6.07 Å². The molecule has 0 saturated carbocycles. The molecular weight excluding hydrogens is 358 g/mol. The standard InChI is InChI=1S/C10H13Br2NO2S/c1-2-3-6(14)5-13-10(15)8-4-7(11)9(12)16-8/h4,6,14H,2-3,5H2,1H3,(H,13,15). The van der Waals surface area contributed by atoms with Gasteiger partial charge in [-0.3, -0.25) is 4.79 Å². The summed E-state index contributed by atoms with van der Waals surface area (Å²) in [7, 11) is 0. The summed E-state index contributed by atoms with van der Waals surface area (Å²) < 4.78 is 1.77. The predicted molar refractivity (Wildman–Crippen MR) is 73.0 cm³/mol. The number of thiophene rings is 1. The zero-order chi connectivity index (χ0) is 12.1. The molecular formula is C10H13Br2NO2S. The van der Waals surface area contributed by atoms with Crippen LogP contribution < -0.4 is 5.32 Å². The second kappa shape index (κ2) is 6.74. The maximum Gasteiger partial charge on any atom is 0.261 e. The van der Waals surface area contributed by atoms with E-state index in [0.29, 0.717) is 17.8 Å². The molecule has 1 aromatic heterocycles. The van der Waals surface area contributed by atoms with Gasteiger partial charge in [0.15, 0.2) is 0 Å². The molecule has 1 unspecified atom stereocenters. The Balaban J connectivity index is 2.46. The van der Waals surface area contributed by atoms with Crippen molar-refractivity contribution in [1.82, 2.24) is 5.32 Å². The summed E-state index contributed by atoms with van der Waals surface area (Å²) in [5, 5.41) is 12.2. The summed E-state index contributed by atoms with van der Waals surface area (Å²) in [5.41, 5.74) is 0. The predicted octanol–water partition coefficient (Wildman–Crippen LogP) is 3.16. The quantitative estimate of drug-likeness (QED) is 0.836. The summed E-state index contributed by atoms with van der Waals surface area (Å²) in [6.07, 6.45) is 1.16. The maximum absolute atomic E-state index is 11.7. The van der Waals surface area contributed by atoms with Crippen LogP contribution in [0.2, 0.25) is 0 Å². The Kier molecular flexibility index (Phi) is 5.96. The summed E-state index contributed by atoms with van der Waals surface area (Å²) in [4.78, 5) is 12.3. The third kappa shape index (κ3) is 4.16. The van der Waals surface area contributed by atoms with Crippen LogP contribution in [0.1, 0.15) is 29.4 Å². The van der Waals surface area contributed by atoms with Crippen molar-refractivity contribution in [3.63, 3.8) is 0 Å². The fourth-order valence-corrected chi connectivity index (χ4v) is 3.14. The average Bonchev–Trinajstić information content (AvgIpc) is 2.56. The maximum atomic E-state index is 11.7. The first kappa shape index (κ1) is 14.2. The SMILES string of the molecule is CCCC(O)CNC(=O)c1cc(Br)c(Br)s1. The highest BCUT2D eigenvalue weighted by Gasteiger charge is 2.12. The average molecular weight is 371 g/mol. The molecule has 2 N–H and O–H groups in total. The molecule has 1 heterocycles. The Morgan fingerprint density at radius 1 is 1.62 bits per heavy atom. The molecule has 1 atom stereocenters. The summed E-state index contributed by atoms with van der Waals surface area (Å²) in [5.74, 6) is -0.147. The zero-order valence-electron chi connectivity index (χ0n) is 8.80. The van der Waals surface area contributed by atoms with E-state index in [0.717, 1.165) is 14.7 Å². The molecule has 90 valence electrons. The van der Waals surface area contributed by atoms with Gasteiger partial charge >= 0.3 is 0 Å². The van der Waals surface area contributed by atoms with E-state index < -0.39 is 6.10 Å². The van der Waals surface area contributed by atoms with E-state index in [9.17, 15) is 9.90 Å². The monoisotopic (exact) mass is 369 g/mol. The van der Waals surface area contributed by atoms with Crippen molar-refractivity contribution >= 4 is 49.1 Å². The number of rotatable bonds is 5. The summed E-state index contributed by atoms with van der Waals surface area (Å²) in [6, 6.07) is 1.76. The molecule has 0 bridgehead atoms. The Labute approximate surface area is 116 Å². The van der Waals surface area contributed by atoms with E-state index in [2.05, 4.69) is 37.2 Å². The fourth-order valence-electron chi connectivity index (χ4n) is 1.19. The van der Waals surface area contributed by atoms with Crippen LogP contribution in [0.15, 0.2) is 14.3 Å². The zero-order valence-corrected chi connectivity index (χ0v) is 12.8. The van der Waals surface area contributed by atoms with Gasteiger partial charge in [-0.15, -0.1) is 11.3 Å². The van der Waals surface area contributed by atoms with E-state index in [-0.39, 0.29) is 5.91 Å². The van der Waals surface area contributed by atoms with E-state index >= 15 is 0 Å². The van der Waals surface area contributed by atoms with Crippen molar-refractivity contribution in [2.24, 2.45) is 0 Å². The number of hydrogen-bond acceptors (Lipinski definition) is 3. The minimum Gasteiger partial charge on any atom is -0.391 e. The number of carbonyl (C=O) groups excluding carboxylic acids is 1. The van der Waals surface area contributed by atoms with Crippen LogP contribution >= 0.6 is 43.2 Å². The minimum absolute atomic E-state index is 0.147. The fraction of sp³-hybridized carbons (Fsp3) is 0.500. The van der Waals surface area contributed by atoms with Crippen molar-refractivity contribution < 1.29 is 9.90 Å².